The monoisotopic (exact) mass is 476 g/mol. The van der Waals surface area contributed by atoms with Gasteiger partial charge in [-0.05, 0) is 70.9 Å². The van der Waals surface area contributed by atoms with Crippen LogP contribution < -0.4 is 5.32 Å². The van der Waals surface area contributed by atoms with Crippen molar-refractivity contribution in [1.82, 2.24) is 10.2 Å². The number of ether oxygens (including phenoxy) is 3. The molecule has 1 amide bonds. The molecule has 0 bridgehead atoms. The maximum absolute atomic E-state index is 12.9. The molecule has 1 aliphatic rings. The molecule has 0 unspecified atom stereocenters. The van der Waals surface area contributed by atoms with E-state index in [1.165, 1.54) is 25.7 Å². The number of hydrogen-bond donors (Lipinski definition) is 1. The molecule has 1 fully saturated rings. The predicted molar refractivity (Wildman–Crippen MR) is 138 cm³/mol. The first-order valence-corrected chi connectivity index (χ1v) is 13.6. The van der Waals surface area contributed by atoms with Crippen LogP contribution in [0.25, 0.3) is 0 Å². The van der Waals surface area contributed by atoms with Crippen molar-refractivity contribution >= 4 is 6.09 Å². The Morgan fingerprint density at radius 2 is 1.79 bits per heavy atom. The molecule has 2 atom stereocenters. The number of carbonyl (C=O) groups excluding carboxylic acids is 1. The quantitative estimate of drug-likeness (QED) is 0.212. The zero-order valence-corrected chi connectivity index (χ0v) is 21.8. The van der Waals surface area contributed by atoms with Gasteiger partial charge in [0.05, 0.1) is 0 Å². The second-order valence-electron chi connectivity index (χ2n) is 9.25. The van der Waals surface area contributed by atoms with Crippen LogP contribution >= 0.6 is 0 Å². The molecule has 1 aliphatic heterocycles. The molecular formula is C28H48N2O4. The molecule has 0 aliphatic carbocycles. The molecule has 1 N–H and O–H groups in total. The van der Waals surface area contributed by atoms with Gasteiger partial charge >= 0.3 is 6.09 Å². The number of nitrogens with one attached hydrogen (secondary N) is 1. The summed E-state index contributed by atoms with van der Waals surface area (Å²) >= 11 is 0. The fourth-order valence-electron chi connectivity index (χ4n) is 4.72. The first-order chi connectivity index (χ1) is 16.7. The van der Waals surface area contributed by atoms with Gasteiger partial charge in [0.2, 0.25) is 0 Å². The summed E-state index contributed by atoms with van der Waals surface area (Å²) in [6, 6.07) is 10.6. The third-order valence-electron chi connectivity index (χ3n) is 6.53. The average molecular weight is 477 g/mol. The Bertz CT molecular complexity index is 637. The van der Waals surface area contributed by atoms with Crippen molar-refractivity contribution < 1.29 is 19.0 Å². The van der Waals surface area contributed by atoms with Gasteiger partial charge in [0.1, 0.15) is 6.61 Å². The molecule has 0 saturated carbocycles. The summed E-state index contributed by atoms with van der Waals surface area (Å²) in [5.74, 6) is 0. The Hall–Kier alpha value is -1.63. The molecule has 1 saturated heterocycles. The van der Waals surface area contributed by atoms with Crippen LogP contribution in [0.4, 0.5) is 4.79 Å². The van der Waals surface area contributed by atoms with E-state index < -0.39 is 0 Å². The van der Waals surface area contributed by atoms with Crippen molar-refractivity contribution in [3.63, 3.8) is 0 Å². The highest BCUT2D eigenvalue weighted by molar-refractivity contribution is 5.68. The van der Waals surface area contributed by atoms with Gasteiger partial charge in [-0.2, -0.15) is 0 Å². The number of amides is 1. The molecule has 0 radical (unpaired) electrons. The minimum absolute atomic E-state index is 0.108. The molecule has 1 aromatic rings. The van der Waals surface area contributed by atoms with Gasteiger partial charge in [0, 0.05) is 31.8 Å². The number of carbonyl (C=O) groups is 1. The van der Waals surface area contributed by atoms with Crippen LogP contribution in [0.3, 0.4) is 0 Å². The Morgan fingerprint density at radius 1 is 1.03 bits per heavy atom. The smallest absolute Gasteiger partial charge is 0.410 e. The Morgan fingerprint density at radius 3 is 2.50 bits per heavy atom. The van der Waals surface area contributed by atoms with Gasteiger partial charge in [-0.1, -0.05) is 56.5 Å². The highest BCUT2D eigenvalue weighted by atomic mass is 16.7. The largest absolute Gasteiger partial charge is 0.445 e. The number of benzene rings is 1. The van der Waals surface area contributed by atoms with Gasteiger partial charge in [-0.15, -0.1) is 0 Å². The minimum atomic E-state index is -0.169. The van der Waals surface area contributed by atoms with E-state index in [0.717, 1.165) is 57.2 Å². The summed E-state index contributed by atoms with van der Waals surface area (Å²) < 4.78 is 17.0. The minimum Gasteiger partial charge on any atom is -0.445 e. The SMILES string of the molecule is CCCCC[C@H](C[C@H]1CCCCN1C(=O)OCc1ccccc1)NCCCC(OCC)OCC. The zero-order chi connectivity index (χ0) is 24.4. The number of hydrogen-bond acceptors (Lipinski definition) is 5. The van der Waals surface area contributed by atoms with Gasteiger partial charge in [0.15, 0.2) is 6.29 Å². The van der Waals surface area contributed by atoms with Crippen LogP contribution in [0.2, 0.25) is 0 Å². The Labute approximate surface area is 207 Å². The lowest BCUT2D eigenvalue weighted by Gasteiger charge is -2.37. The second-order valence-corrected chi connectivity index (χ2v) is 9.25. The highest BCUT2D eigenvalue weighted by Crippen LogP contribution is 2.24. The third-order valence-corrected chi connectivity index (χ3v) is 6.53. The number of nitrogens with zero attached hydrogens (tertiary/aromatic N) is 1. The van der Waals surface area contributed by atoms with E-state index in [9.17, 15) is 4.79 Å². The van der Waals surface area contributed by atoms with E-state index in [-0.39, 0.29) is 18.4 Å². The van der Waals surface area contributed by atoms with Crippen molar-refractivity contribution in [2.45, 2.75) is 110 Å². The van der Waals surface area contributed by atoms with Gasteiger partial charge in [-0.3, -0.25) is 0 Å². The van der Waals surface area contributed by atoms with Crippen LogP contribution in [0.5, 0.6) is 0 Å². The van der Waals surface area contributed by atoms with Crippen LogP contribution in [0.15, 0.2) is 30.3 Å². The van der Waals surface area contributed by atoms with Crippen molar-refractivity contribution in [3.05, 3.63) is 35.9 Å². The van der Waals surface area contributed by atoms with Gasteiger partial charge < -0.3 is 24.4 Å². The molecule has 1 aromatic carbocycles. The molecule has 2 rings (SSSR count). The fourth-order valence-corrected chi connectivity index (χ4v) is 4.72. The summed E-state index contributed by atoms with van der Waals surface area (Å²) in [7, 11) is 0. The lowest BCUT2D eigenvalue weighted by molar-refractivity contribution is -0.139. The Balaban J connectivity index is 1.87. The summed E-state index contributed by atoms with van der Waals surface area (Å²) in [6.07, 6.45) is 10.8. The molecule has 6 heteroatoms. The van der Waals surface area contributed by atoms with Crippen molar-refractivity contribution in [2.75, 3.05) is 26.3 Å². The molecule has 194 valence electrons. The average Bonchev–Trinajstić information content (AvgIpc) is 2.86. The van der Waals surface area contributed by atoms with E-state index in [4.69, 9.17) is 14.2 Å². The van der Waals surface area contributed by atoms with Crippen LogP contribution in [0, 0.1) is 0 Å². The van der Waals surface area contributed by atoms with E-state index in [1.807, 2.05) is 49.1 Å². The first kappa shape index (κ1) is 28.6. The molecule has 0 spiro atoms. The fraction of sp³-hybridized carbons (Fsp3) is 0.750. The van der Waals surface area contributed by atoms with Crippen LogP contribution in [-0.2, 0) is 20.8 Å². The maximum atomic E-state index is 12.9. The summed E-state index contributed by atoms with van der Waals surface area (Å²) in [4.78, 5) is 14.9. The number of piperidine rings is 1. The van der Waals surface area contributed by atoms with E-state index in [2.05, 4.69) is 12.2 Å². The van der Waals surface area contributed by atoms with E-state index in [1.54, 1.807) is 0 Å². The lowest BCUT2D eigenvalue weighted by Crippen LogP contribution is -2.47. The standard InChI is InChI=1S/C28H48N2O4/c1-4-7-9-17-25(29-20-14-19-27(32-5-2)33-6-3)22-26-18-12-13-21-30(26)28(31)34-23-24-15-10-8-11-16-24/h8,10-11,15-16,25-27,29H,4-7,9,12-14,17-23H2,1-3H3/t25-,26-/m1/s1. The molecule has 1 heterocycles. The zero-order valence-electron chi connectivity index (χ0n) is 21.8. The normalized spacial score (nSPS) is 17.2. The van der Waals surface area contributed by atoms with Gasteiger partial charge in [-0.25, -0.2) is 4.79 Å². The highest BCUT2D eigenvalue weighted by Gasteiger charge is 2.29. The first-order valence-electron chi connectivity index (χ1n) is 13.6. The van der Waals surface area contributed by atoms with Gasteiger partial charge in [0.25, 0.3) is 0 Å². The Kier molecular flexibility index (Phi) is 14.9. The van der Waals surface area contributed by atoms with Crippen molar-refractivity contribution in [1.29, 1.82) is 0 Å². The third kappa shape index (κ3) is 11.2. The van der Waals surface area contributed by atoms with Crippen LogP contribution in [0.1, 0.15) is 90.5 Å². The molecule has 34 heavy (non-hydrogen) atoms. The maximum Gasteiger partial charge on any atom is 0.410 e. The van der Waals surface area contributed by atoms with Crippen LogP contribution in [-0.4, -0.2) is 55.7 Å². The summed E-state index contributed by atoms with van der Waals surface area (Å²) in [5.41, 5.74) is 1.03. The number of unbranched alkanes of at least 4 members (excludes halogenated alkanes) is 2. The predicted octanol–water partition coefficient (Wildman–Crippen LogP) is 6.29. The second kappa shape index (κ2) is 17.8. The van der Waals surface area contributed by atoms with E-state index in [0.29, 0.717) is 25.9 Å². The van der Waals surface area contributed by atoms with Crippen molar-refractivity contribution in [2.24, 2.45) is 0 Å². The van der Waals surface area contributed by atoms with E-state index >= 15 is 0 Å². The summed E-state index contributed by atoms with van der Waals surface area (Å²) in [6.45, 7) is 9.69. The molecule has 6 nitrogen and oxygen atoms in total. The lowest BCUT2D eigenvalue weighted by atomic mass is 9.93. The van der Waals surface area contributed by atoms with Crippen molar-refractivity contribution in [3.8, 4) is 0 Å². The number of rotatable bonds is 17. The summed E-state index contributed by atoms with van der Waals surface area (Å²) in [5, 5.41) is 3.79. The topological polar surface area (TPSA) is 60.0 Å². The molecule has 0 aromatic heterocycles. The number of likely N-dealkylation sites (tertiary alicyclic amines) is 1. The molecular weight excluding hydrogens is 428 g/mol.